The van der Waals surface area contributed by atoms with Crippen LogP contribution in [0.4, 0.5) is 5.69 Å². The van der Waals surface area contributed by atoms with Crippen molar-refractivity contribution in [3.05, 3.63) is 47.5 Å². The summed E-state index contributed by atoms with van der Waals surface area (Å²) in [5.41, 5.74) is 2.98. The molecule has 1 aliphatic rings. The van der Waals surface area contributed by atoms with Crippen molar-refractivity contribution in [2.75, 3.05) is 18.6 Å². The summed E-state index contributed by atoms with van der Waals surface area (Å²) < 4.78 is 10.5. The Kier molecular flexibility index (Phi) is 5.02. The van der Waals surface area contributed by atoms with Crippen LogP contribution in [0.5, 0.6) is 5.75 Å². The number of nitrogens with zero attached hydrogens (tertiary/aromatic N) is 3. The Hall–Kier alpha value is -3.26. The number of pyridine rings is 1. The lowest BCUT2D eigenvalue weighted by atomic mass is 10.1. The number of ether oxygens (including phenoxy) is 2. The van der Waals surface area contributed by atoms with E-state index in [1.165, 1.54) is 12.0 Å². The van der Waals surface area contributed by atoms with Crippen LogP contribution >= 0.6 is 11.3 Å². The second-order valence-corrected chi connectivity index (χ2v) is 7.79. The first kappa shape index (κ1) is 19.1. The van der Waals surface area contributed by atoms with Gasteiger partial charge in [-0.15, -0.1) is 11.3 Å². The number of methoxy groups -OCH3 is 1. The molecule has 0 saturated carbocycles. The Balaban J connectivity index is 1.75. The molecule has 0 N–H and O–H groups in total. The number of fused-ring (bicyclic) bond motifs is 1. The smallest absolute Gasteiger partial charge is 0.325 e. The number of aryl methyl sites for hydroxylation is 1. The number of rotatable bonds is 4. The van der Waals surface area contributed by atoms with Gasteiger partial charge >= 0.3 is 5.97 Å². The largest absolute Gasteiger partial charge is 0.479 e. The molecule has 29 heavy (non-hydrogen) atoms. The summed E-state index contributed by atoms with van der Waals surface area (Å²) in [6, 6.07) is 11.2. The number of benzene rings is 1. The van der Waals surface area contributed by atoms with Gasteiger partial charge in [-0.05, 0) is 44.2 Å². The van der Waals surface area contributed by atoms with Gasteiger partial charge in [-0.3, -0.25) is 19.5 Å². The molecule has 4 rings (SSSR count). The zero-order valence-electron chi connectivity index (χ0n) is 16.2. The van der Waals surface area contributed by atoms with Gasteiger partial charge in [0.15, 0.2) is 6.10 Å². The van der Waals surface area contributed by atoms with Crippen molar-refractivity contribution in [3.63, 3.8) is 0 Å². The highest BCUT2D eigenvalue weighted by Crippen LogP contribution is 2.39. The number of thiazole rings is 1. The molecule has 1 amide bonds. The Morgan fingerprint density at radius 1 is 1.31 bits per heavy atom. The van der Waals surface area contributed by atoms with E-state index in [1.54, 1.807) is 30.5 Å². The normalized spacial score (nSPS) is 15.6. The molecule has 0 fully saturated rings. The maximum absolute atomic E-state index is 12.6. The quantitative estimate of drug-likeness (QED) is 0.614. The fourth-order valence-electron chi connectivity index (χ4n) is 3.17. The first-order chi connectivity index (χ1) is 14.0. The van der Waals surface area contributed by atoms with Crippen molar-refractivity contribution in [3.8, 4) is 27.7 Å². The molecule has 0 bridgehead atoms. The Morgan fingerprint density at radius 3 is 2.86 bits per heavy atom. The number of anilines is 1. The second kappa shape index (κ2) is 7.63. The van der Waals surface area contributed by atoms with Crippen molar-refractivity contribution in [2.24, 2.45) is 0 Å². The first-order valence-corrected chi connectivity index (χ1v) is 9.87. The van der Waals surface area contributed by atoms with Crippen LogP contribution < -0.4 is 9.64 Å². The average molecular weight is 409 g/mol. The van der Waals surface area contributed by atoms with Gasteiger partial charge in [0, 0.05) is 16.6 Å². The number of esters is 1. The van der Waals surface area contributed by atoms with Crippen molar-refractivity contribution >= 4 is 28.9 Å². The molecular weight excluding hydrogens is 390 g/mol. The SMILES string of the molecule is COC(=O)CN1C(=O)C(C)Oc2ccc(-c3nc(-c4ccccn4)sc3C)cc21. The Labute approximate surface area is 171 Å². The molecule has 0 radical (unpaired) electrons. The number of carbonyl (C=O) groups is 2. The van der Waals surface area contributed by atoms with Gasteiger partial charge in [0.2, 0.25) is 0 Å². The molecule has 2 aromatic heterocycles. The zero-order chi connectivity index (χ0) is 20.5. The molecule has 0 aliphatic carbocycles. The summed E-state index contributed by atoms with van der Waals surface area (Å²) in [7, 11) is 1.30. The number of hydrogen-bond donors (Lipinski definition) is 0. The monoisotopic (exact) mass is 409 g/mol. The molecule has 3 heterocycles. The van der Waals surface area contributed by atoms with Crippen molar-refractivity contribution in [2.45, 2.75) is 20.0 Å². The topological polar surface area (TPSA) is 81.6 Å². The van der Waals surface area contributed by atoms with E-state index in [9.17, 15) is 9.59 Å². The van der Waals surface area contributed by atoms with Crippen LogP contribution in [0.15, 0.2) is 42.6 Å². The summed E-state index contributed by atoms with van der Waals surface area (Å²) in [4.78, 5) is 36.0. The number of amides is 1. The maximum atomic E-state index is 12.6. The molecule has 1 aromatic carbocycles. The lowest BCUT2D eigenvalue weighted by Crippen LogP contribution is -2.46. The Bertz CT molecular complexity index is 1080. The summed E-state index contributed by atoms with van der Waals surface area (Å²) >= 11 is 1.56. The van der Waals surface area contributed by atoms with E-state index < -0.39 is 12.1 Å². The molecule has 1 aliphatic heterocycles. The Morgan fingerprint density at radius 2 is 2.14 bits per heavy atom. The third-order valence-electron chi connectivity index (χ3n) is 4.64. The minimum absolute atomic E-state index is 0.172. The van der Waals surface area contributed by atoms with E-state index in [0.29, 0.717) is 11.4 Å². The standard InChI is InChI=1S/C21H19N3O4S/c1-12-21(26)24(11-18(25)27-3)16-10-14(7-8-17(16)28-12)19-13(2)29-20(23-19)15-6-4-5-9-22-15/h4-10,12H,11H2,1-3H3. The summed E-state index contributed by atoms with van der Waals surface area (Å²) in [5, 5.41) is 0.822. The van der Waals surface area contributed by atoms with Gasteiger partial charge in [0.05, 0.1) is 24.2 Å². The van der Waals surface area contributed by atoms with E-state index in [1.807, 2.05) is 37.3 Å². The van der Waals surface area contributed by atoms with Gasteiger partial charge in [-0.1, -0.05) is 6.07 Å². The highest BCUT2D eigenvalue weighted by molar-refractivity contribution is 7.15. The fourth-order valence-corrected chi connectivity index (χ4v) is 4.09. The van der Waals surface area contributed by atoms with Crippen molar-refractivity contribution in [1.29, 1.82) is 0 Å². The predicted molar refractivity (Wildman–Crippen MR) is 110 cm³/mol. The number of hydrogen-bond acceptors (Lipinski definition) is 7. The molecule has 3 aromatic rings. The van der Waals surface area contributed by atoms with Crippen molar-refractivity contribution < 1.29 is 19.1 Å². The molecule has 0 spiro atoms. The van der Waals surface area contributed by atoms with Gasteiger partial charge in [-0.25, -0.2) is 4.98 Å². The lowest BCUT2D eigenvalue weighted by Gasteiger charge is -2.32. The van der Waals surface area contributed by atoms with Crippen LogP contribution in [-0.4, -0.2) is 41.6 Å². The van der Waals surface area contributed by atoms with E-state index in [-0.39, 0.29) is 12.5 Å². The molecule has 148 valence electrons. The van der Waals surface area contributed by atoms with E-state index in [2.05, 4.69) is 4.98 Å². The average Bonchev–Trinajstić information content (AvgIpc) is 3.13. The highest BCUT2D eigenvalue weighted by atomic mass is 32.1. The third kappa shape index (κ3) is 3.58. The van der Waals surface area contributed by atoms with E-state index >= 15 is 0 Å². The molecule has 1 atom stereocenters. The number of carbonyl (C=O) groups excluding carboxylic acids is 2. The van der Waals surface area contributed by atoms with E-state index in [4.69, 9.17) is 14.5 Å². The van der Waals surface area contributed by atoms with Crippen molar-refractivity contribution in [1.82, 2.24) is 9.97 Å². The molecule has 7 nitrogen and oxygen atoms in total. The molecule has 8 heteroatoms. The summed E-state index contributed by atoms with van der Waals surface area (Å²) in [6.07, 6.45) is 1.06. The van der Waals surface area contributed by atoms with Gasteiger partial charge < -0.3 is 9.47 Å². The summed E-state index contributed by atoms with van der Waals surface area (Å²) in [6.45, 7) is 3.48. The fraction of sp³-hybridized carbons (Fsp3) is 0.238. The van der Waals surface area contributed by atoms with Crippen LogP contribution in [-0.2, 0) is 14.3 Å². The number of aromatic nitrogens is 2. The lowest BCUT2D eigenvalue weighted by molar-refractivity contribution is -0.140. The maximum Gasteiger partial charge on any atom is 0.325 e. The molecular formula is C21H19N3O4S. The van der Waals surface area contributed by atoms with Crippen LogP contribution in [0.2, 0.25) is 0 Å². The first-order valence-electron chi connectivity index (χ1n) is 9.06. The minimum Gasteiger partial charge on any atom is -0.479 e. The van der Waals surface area contributed by atoms with Crippen LogP contribution in [0.3, 0.4) is 0 Å². The predicted octanol–water partition coefficient (Wildman–Crippen LogP) is 3.47. The third-order valence-corrected chi connectivity index (χ3v) is 5.63. The van der Waals surface area contributed by atoms with Gasteiger partial charge in [0.25, 0.3) is 5.91 Å². The van der Waals surface area contributed by atoms with Gasteiger partial charge in [-0.2, -0.15) is 0 Å². The second-order valence-electron chi connectivity index (χ2n) is 6.58. The highest BCUT2D eigenvalue weighted by Gasteiger charge is 2.33. The van der Waals surface area contributed by atoms with E-state index in [0.717, 1.165) is 26.8 Å². The summed E-state index contributed by atoms with van der Waals surface area (Å²) in [5.74, 6) is -0.238. The zero-order valence-corrected chi connectivity index (χ0v) is 17.0. The minimum atomic E-state index is -0.672. The molecule has 1 unspecified atom stereocenters. The van der Waals surface area contributed by atoms with Crippen LogP contribution in [0.1, 0.15) is 11.8 Å². The van der Waals surface area contributed by atoms with Crippen LogP contribution in [0, 0.1) is 6.92 Å². The van der Waals surface area contributed by atoms with Crippen LogP contribution in [0.25, 0.3) is 22.0 Å². The molecule has 0 saturated heterocycles. The van der Waals surface area contributed by atoms with Gasteiger partial charge in [0.1, 0.15) is 17.3 Å².